The summed E-state index contributed by atoms with van der Waals surface area (Å²) >= 11 is 0. The normalized spacial score (nSPS) is 20.7. The lowest BCUT2D eigenvalue weighted by atomic mass is 11.0. The predicted octanol–water partition coefficient (Wildman–Crippen LogP) is -1.70. The van der Waals surface area contributed by atoms with E-state index >= 15 is 0 Å². The zero-order valence-corrected chi connectivity index (χ0v) is 5.73. The highest BCUT2D eigenvalue weighted by molar-refractivity contribution is 6.11. The maximum absolute atomic E-state index is 3.09. The van der Waals surface area contributed by atoms with Gasteiger partial charge in [0.2, 0.25) is 0 Å². The third kappa shape index (κ3) is 0.541. The molecule has 34 valence electrons. The van der Waals surface area contributed by atoms with Crippen LogP contribution in [0.25, 0.3) is 0 Å². The van der Waals surface area contributed by atoms with Crippen LogP contribution in [0.2, 0.25) is 0 Å². The minimum absolute atomic E-state index is 0.574. The van der Waals surface area contributed by atoms with Gasteiger partial charge in [0.15, 0.2) is 0 Å². The minimum atomic E-state index is 0.574. The Morgan fingerprint density at radius 1 is 1.33 bits per heavy atom. The summed E-state index contributed by atoms with van der Waals surface area (Å²) in [5.74, 6) is 0.574. The van der Waals surface area contributed by atoms with E-state index in [0.29, 0.717) is 5.79 Å². The van der Waals surface area contributed by atoms with Gasteiger partial charge in [-0.05, 0) is 0 Å². The first-order chi connectivity index (χ1) is 2.89. The van der Waals surface area contributed by atoms with Crippen LogP contribution in [-0.4, -0.2) is 16.0 Å². The van der Waals surface area contributed by atoms with Gasteiger partial charge in [-0.15, -0.1) is 0 Å². The number of rotatable bonds is 0. The molecule has 2 N–H and O–H groups in total. The maximum Gasteiger partial charge on any atom is 0.0721 e. The van der Waals surface area contributed by atoms with Gasteiger partial charge in [0, 0.05) is 12.4 Å². The van der Waals surface area contributed by atoms with E-state index in [4.69, 9.17) is 0 Å². The van der Waals surface area contributed by atoms with Gasteiger partial charge in [0.25, 0.3) is 0 Å². The molecule has 0 amide bonds. The van der Waals surface area contributed by atoms with Crippen LogP contribution in [-0.2, 0) is 0 Å². The molecule has 3 heteroatoms. The number of hydrogen-bond donors (Lipinski definition) is 2. The summed E-state index contributed by atoms with van der Waals surface area (Å²) in [4.78, 5) is 0. The number of nitrogens with one attached hydrogen (secondary N) is 2. The van der Waals surface area contributed by atoms with Crippen LogP contribution in [0.3, 0.4) is 0 Å². The highest BCUT2D eigenvalue weighted by Crippen LogP contribution is 1.76. The van der Waals surface area contributed by atoms with Crippen molar-refractivity contribution in [3.05, 3.63) is 12.4 Å². The van der Waals surface area contributed by atoms with Gasteiger partial charge in [0.05, 0.1) is 16.0 Å². The van der Waals surface area contributed by atoms with Gasteiger partial charge in [0.1, 0.15) is 0 Å². The molecule has 0 aliphatic carbocycles. The summed E-state index contributed by atoms with van der Waals surface area (Å²) in [6, 6.07) is 0. The smallest absolute Gasteiger partial charge is 0.0721 e. The molecule has 0 aromatic carbocycles. The van der Waals surface area contributed by atoms with Gasteiger partial charge in [-0.1, -0.05) is 0 Å². The Morgan fingerprint density at radius 2 is 1.83 bits per heavy atom. The molecule has 2 nitrogen and oxygen atoms in total. The van der Waals surface area contributed by atoms with Crippen LogP contribution < -0.4 is 10.6 Å². The van der Waals surface area contributed by atoms with E-state index in [0.717, 1.165) is 0 Å². The van der Waals surface area contributed by atoms with E-state index in [2.05, 4.69) is 10.6 Å². The first-order valence-corrected chi connectivity index (χ1v) is 3.22. The molecule has 0 radical (unpaired) electrons. The summed E-state index contributed by atoms with van der Waals surface area (Å²) in [5, 5.41) is 6.18. The topological polar surface area (TPSA) is 24.1 Å². The Morgan fingerprint density at radius 3 is 2.00 bits per heavy atom. The zero-order chi connectivity index (χ0) is 4.41. The molecule has 0 aromatic rings. The van der Waals surface area contributed by atoms with Crippen molar-refractivity contribution < 1.29 is 0 Å². The zero-order valence-electron chi connectivity index (χ0n) is 3.73. The molecule has 1 aliphatic rings. The van der Waals surface area contributed by atoms with E-state index in [1.807, 2.05) is 12.4 Å². The summed E-state index contributed by atoms with van der Waals surface area (Å²) in [6.07, 6.45) is 3.86. The Bertz CT molecular complexity index is 63.2. The quantitative estimate of drug-likeness (QED) is 0.355. The van der Waals surface area contributed by atoms with Crippen LogP contribution in [0, 0.1) is 0 Å². The van der Waals surface area contributed by atoms with E-state index in [1.54, 1.807) is 0 Å². The minimum Gasteiger partial charge on any atom is -0.374 e. The molecule has 1 heterocycles. The van der Waals surface area contributed by atoms with Crippen molar-refractivity contribution in [2.45, 2.75) is 5.79 Å². The fraction of sp³-hybridized carbons (Fsp3) is 0.333. The fourth-order valence-corrected chi connectivity index (χ4v) is 0.818. The second-order valence-corrected chi connectivity index (χ2v) is 2.54. The Kier molecular flexibility index (Phi) is 0.835. The standard InChI is InChI=1S/C3H8N2Si/c6-3-4-1-2-5-3/h1-5H,6H3. The van der Waals surface area contributed by atoms with Crippen LogP contribution in [0.5, 0.6) is 0 Å². The summed E-state index contributed by atoms with van der Waals surface area (Å²) in [7, 11) is 1.17. The molecule has 0 atom stereocenters. The first kappa shape index (κ1) is 3.74. The highest BCUT2D eigenvalue weighted by Gasteiger charge is 1.94. The van der Waals surface area contributed by atoms with Gasteiger partial charge < -0.3 is 10.6 Å². The third-order valence-corrected chi connectivity index (χ3v) is 1.44. The van der Waals surface area contributed by atoms with E-state index in [1.165, 1.54) is 10.2 Å². The van der Waals surface area contributed by atoms with Gasteiger partial charge in [-0.3, -0.25) is 0 Å². The lowest BCUT2D eigenvalue weighted by Crippen LogP contribution is -2.30. The van der Waals surface area contributed by atoms with Crippen molar-refractivity contribution in [3.63, 3.8) is 0 Å². The molecule has 1 rings (SSSR count). The molecular formula is C3H8N2Si. The maximum atomic E-state index is 3.09. The Balaban J connectivity index is 2.32. The molecule has 0 aromatic heterocycles. The third-order valence-electron chi connectivity index (χ3n) is 0.776. The molecule has 6 heavy (non-hydrogen) atoms. The van der Waals surface area contributed by atoms with Crippen molar-refractivity contribution >= 4 is 10.2 Å². The van der Waals surface area contributed by atoms with E-state index < -0.39 is 0 Å². The second kappa shape index (κ2) is 1.34. The van der Waals surface area contributed by atoms with Crippen LogP contribution in [0.1, 0.15) is 0 Å². The van der Waals surface area contributed by atoms with Crippen molar-refractivity contribution in [1.82, 2.24) is 10.6 Å². The molecule has 0 saturated carbocycles. The van der Waals surface area contributed by atoms with Crippen molar-refractivity contribution in [1.29, 1.82) is 0 Å². The van der Waals surface area contributed by atoms with Crippen molar-refractivity contribution in [2.24, 2.45) is 0 Å². The molecule has 0 saturated heterocycles. The van der Waals surface area contributed by atoms with Gasteiger partial charge >= 0.3 is 0 Å². The van der Waals surface area contributed by atoms with Gasteiger partial charge in [-0.25, -0.2) is 0 Å². The molecule has 0 bridgehead atoms. The van der Waals surface area contributed by atoms with E-state index in [-0.39, 0.29) is 0 Å². The highest BCUT2D eigenvalue weighted by atomic mass is 28.1. The van der Waals surface area contributed by atoms with Crippen molar-refractivity contribution in [3.8, 4) is 0 Å². The lowest BCUT2D eigenvalue weighted by Gasteiger charge is -2.00. The van der Waals surface area contributed by atoms with E-state index in [9.17, 15) is 0 Å². The molecule has 0 fully saturated rings. The second-order valence-electron chi connectivity index (χ2n) is 1.39. The Labute approximate surface area is 40.0 Å². The lowest BCUT2D eigenvalue weighted by molar-refractivity contribution is 0.758. The average molecular weight is 100 g/mol. The molecule has 1 aliphatic heterocycles. The largest absolute Gasteiger partial charge is 0.374 e. The molecular weight excluding hydrogens is 92.1 g/mol. The SMILES string of the molecule is [SiH3]C1NC=CN1. The summed E-state index contributed by atoms with van der Waals surface area (Å²) in [5.41, 5.74) is 0. The van der Waals surface area contributed by atoms with Crippen LogP contribution in [0.4, 0.5) is 0 Å². The van der Waals surface area contributed by atoms with Crippen molar-refractivity contribution in [2.75, 3.05) is 0 Å². The molecule has 0 unspecified atom stereocenters. The average Bonchev–Trinajstić information content (AvgIpc) is 1.86. The first-order valence-electron chi connectivity index (χ1n) is 2.07. The van der Waals surface area contributed by atoms with Crippen LogP contribution in [0.15, 0.2) is 12.4 Å². The van der Waals surface area contributed by atoms with Crippen LogP contribution >= 0.6 is 0 Å². The fourth-order valence-electron chi connectivity index (χ4n) is 0.433. The summed E-state index contributed by atoms with van der Waals surface area (Å²) in [6.45, 7) is 0. The monoisotopic (exact) mass is 100 g/mol. The Hall–Kier alpha value is -0.443. The predicted molar refractivity (Wildman–Crippen MR) is 29.1 cm³/mol. The molecule has 0 spiro atoms. The number of hydrogen-bond acceptors (Lipinski definition) is 2. The van der Waals surface area contributed by atoms with Gasteiger partial charge in [-0.2, -0.15) is 0 Å². The summed E-state index contributed by atoms with van der Waals surface area (Å²) < 4.78 is 0.